The fraction of sp³-hybridized carbons (Fsp3) is 0.842. The van der Waals surface area contributed by atoms with Crippen LogP contribution in [0.2, 0.25) is 0 Å². The van der Waals surface area contributed by atoms with Crippen LogP contribution >= 0.6 is 0 Å². The molecule has 0 aromatic rings. The zero-order valence-electron chi connectivity index (χ0n) is 15.5. The summed E-state index contributed by atoms with van der Waals surface area (Å²) in [6.07, 6.45) is 6.94. The second kappa shape index (κ2) is 6.51. The number of hydrogen-bond donors (Lipinski definition) is 3. The van der Waals surface area contributed by atoms with Crippen LogP contribution < -0.4 is 16.4 Å². The molecule has 2 heterocycles. The third kappa shape index (κ3) is 2.90. The Hall–Kier alpha value is -1.63. The van der Waals surface area contributed by atoms with Crippen molar-refractivity contribution in [2.75, 3.05) is 13.1 Å². The second-order valence-electron chi connectivity index (χ2n) is 8.91. The number of nitrogens with one attached hydrogen (secondary N) is 2. The van der Waals surface area contributed by atoms with Gasteiger partial charge in [-0.15, -0.1) is 0 Å². The van der Waals surface area contributed by atoms with Gasteiger partial charge in [0.2, 0.25) is 5.91 Å². The Kier molecular flexibility index (Phi) is 4.45. The lowest BCUT2D eigenvalue weighted by molar-refractivity contribution is -0.140. The molecule has 26 heavy (non-hydrogen) atoms. The van der Waals surface area contributed by atoms with Crippen molar-refractivity contribution in [2.45, 2.75) is 63.5 Å². The Labute approximate surface area is 154 Å². The van der Waals surface area contributed by atoms with Crippen LogP contribution in [0.1, 0.15) is 51.9 Å². The maximum atomic E-state index is 13.1. The molecule has 2 saturated heterocycles. The zero-order chi connectivity index (χ0) is 18.5. The minimum absolute atomic E-state index is 0.0668. The van der Waals surface area contributed by atoms with E-state index in [1.165, 1.54) is 6.42 Å². The monoisotopic (exact) mass is 362 g/mol. The number of hydrogen-bond acceptors (Lipinski definition) is 4. The summed E-state index contributed by atoms with van der Waals surface area (Å²) in [5, 5.41) is 5.11. The van der Waals surface area contributed by atoms with Gasteiger partial charge in [0.15, 0.2) is 0 Å². The molecule has 4 fully saturated rings. The second-order valence-corrected chi connectivity index (χ2v) is 8.91. The number of carbonyl (C=O) groups is 3. The van der Waals surface area contributed by atoms with Crippen LogP contribution in [-0.4, -0.2) is 47.4 Å². The minimum atomic E-state index is -0.846. The van der Waals surface area contributed by atoms with E-state index in [0.29, 0.717) is 24.9 Å². The first kappa shape index (κ1) is 17.8. The van der Waals surface area contributed by atoms with Crippen molar-refractivity contribution < 1.29 is 14.4 Å². The molecule has 4 aliphatic rings. The fourth-order valence-corrected chi connectivity index (χ4v) is 5.77. The number of carbonyl (C=O) groups excluding carboxylic acids is 3. The zero-order valence-corrected chi connectivity index (χ0v) is 15.5. The lowest BCUT2D eigenvalue weighted by Gasteiger charge is -2.45. The molecule has 4 amide bonds. The average Bonchev–Trinajstić information content (AvgIpc) is 2.87. The van der Waals surface area contributed by atoms with Gasteiger partial charge in [0.25, 0.3) is 5.91 Å². The smallest absolute Gasteiger partial charge is 0.322 e. The molecule has 0 aromatic carbocycles. The largest absolute Gasteiger partial charge is 0.342 e. The van der Waals surface area contributed by atoms with E-state index in [1.807, 2.05) is 4.90 Å². The lowest BCUT2D eigenvalue weighted by atomic mass is 9.64. The molecule has 2 saturated carbocycles. The maximum absolute atomic E-state index is 13.1. The van der Waals surface area contributed by atoms with Gasteiger partial charge in [-0.3, -0.25) is 14.9 Å². The van der Waals surface area contributed by atoms with Gasteiger partial charge < -0.3 is 16.0 Å². The van der Waals surface area contributed by atoms with E-state index in [4.69, 9.17) is 5.73 Å². The summed E-state index contributed by atoms with van der Waals surface area (Å²) >= 11 is 0. The molecule has 2 bridgehead atoms. The van der Waals surface area contributed by atoms with Crippen molar-refractivity contribution in [3.8, 4) is 0 Å². The highest BCUT2D eigenvalue weighted by Crippen LogP contribution is 2.43. The molecule has 0 radical (unpaired) electrons. The van der Waals surface area contributed by atoms with Crippen molar-refractivity contribution in [2.24, 2.45) is 29.4 Å². The maximum Gasteiger partial charge on any atom is 0.322 e. The van der Waals surface area contributed by atoms with Gasteiger partial charge in [0.1, 0.15) is 5.54 Å². The molecular formula is C19H30N4O3. The molecule has 4 N–H and O–H groups in total. The standard InChI is InChI=1S/C19H30N4O3/c1-19(17(25)21-18(26)22-19)14-5-7-23(8-6-14)16(24)13-9-11-3-2-4-12(10-13)15(11)20/h11-15H,2-10,20H2,1H3,(H2,21,22,25,26). The van der Waals surface area contributed by atoms with Gasteiger partial charge in [0, 0.05) is 25.0 Å². The Balaban J connectivity index is 1.35. The summed E-state index contributed by atoms with van der Waals surface area (Å²) in [7, 11) is 0. The van der Waals surface area contributed by atoms with E-state index in [2.05, 4.69) is 10.6 Å². The highest BCUT2D eigenvalue weighted by molar-refractivity contribution is 6.07. The number of nitrogens with zero attached hydrogens (tertiary/aromatic N) is 1. The topological polar surface area (TPSA) is 105 Å². The minimum Gasteiger partial charge on any atom is -0.342 e. The van der Waals surface area contributed by atoms with Gasteiger partial charge in [-0.05, 0) is 63.2 Å². The van der Waals surface area contributed by atoms with Crippen molar-refractivity contribution in [3.05, 3.63) is 0 Å². The molecule has 0 spiro atoms. The molecule has 7 heteroatoms. The van der Waals surface area contributed by atoms with E-state index in [-0.39, 0.29) is 29.7 Å². The van der Waals surface area contributed by atoms with Crippen LogP contribution in [-0.2, 0) is 9.59 Å². The van der Waals surface area contributed by atoms with E-state index >= 15 is 0 Å². The van der Waals surface area contributed by atoms with Crippen molar-refractivity contribution in [3.63, 3.8) is 0 Å². The van der Waals surface area contributed by atoms with Crippen molar-refractivity contribution in [1.29, 1.82) is 0 Å². The first-order chi connectivity index (χ1) is 12.4. The molecule has 3 unspecified atom stereocenters. The number of urea groups is 1. The van der Waals surface area contributed by atoms with Crippen LogP contribution in [0.5, 0.6) is 0 Å². The number of rotatable bonds is 2. The highest BCUT2D eigenvalue weighted by Gasteiger charge is 2.49. The Morgan fingerprint density at radius 3 is 2.27 bits per heavy atom. The Morgan fingerprint density at radius 2 is 1.73 bits per heavy atom. The van der Waals surface area contributed by atoms with Crippen LogP contribution in [0.4, 0.5) is 4.79 Å². The summed E-state index contributed by atoms with van der Waals surface area (Å²) in [5.74, 6) is 1.22. The molecule has 7 nitrogen and oxygen atoms in total. The van der Waals surface area contributed by atoms with Gasteiger partial charge >= 0.3 is 6.03 Å². The summed E-state index contributed by atoms with van der Waals surface area (Å²) < 4.78 is 0. The van der Waals surface area contributed by atoms with Crippen LogP contribution in [0, 0.1) is 23.7 Å². The predicted molar refractivity (Wildman–Crippen MR) is 95.9 cm³/mol. The first-order valence-corrected chi connectivity index (χ1v) is 10.1. The van der Waals surface area contributed by atoms with Gasteiger partial charge in [-0.25, -0.2) is 4.79 Å². The van der Waals surface area contributed by atoms with Gasteiger partial charge in [-0.1, -0.05) is 6.42 Å². The molecule has 0 aromatic heterocycles. The lowest BCUT2D eigenvalue weighted by Crippen LogP contribution is -2.55. The number of imide groups is 1. The van der Waals surface area contributed by atoms with E-state index in [0.717, 1.165) is 38.5 Å². The van der Waals surface area contributed by atoms with Crippen molar-refractivity contribution >= 4 is 17.8 Å². The molecule has 144 valence electrons. The summed E-state index contributed by atoms with van der Waals surface area (Å²) in [6, 6.07) is -0.135. The Bertz CT molecular complexity index is 602. The summed E-state index contributed by atoms with van der Waals surface area (Å²) in [6.45, 7) is 3.12. The third-order valence-corrected chi connectivity index (χ3v) is 7.46. The SMILES string of the molecule is CC1(C2CCN(C(=O)C3CC4CCCC(C3)C4N)CC2)NC(=O)NC1=O. The van der Waals surface area contributed by atoms with Crippen LogP contribution in [0.3, 0.4) is 0 Å². The first-order valence-electron chi connectivity index (χ1n) is 10.1. The highest BCUT2D eigenvalue weighted by atomic mass is 16.2. The third-order valence-electron chi connectivity index (χ3n) is 7.46. The predicted octanol–water partition coefficient (Wildman–Crippen LogP) is 0.977. The van der Waals surface area contributed by atoms with E-state index < -0.39 is 11.6 Å². The quantitative estimate of drug-likeness (QED) is 0.637. The molecule has 3 atom stereocenters. The molecule has 4 rings (SSSR count). The summed E-state index contributed by atoms with van der Waals surface area (Å²) in [5.41, 5.74) is 5.51. The molecule has 2 aliphatic heterocycles. The number of likely N-dealkylation sites (tertiary alicyclic amines) is 1. The average molecular weight is 362 g/mol. The van der Waals surface area contributed by atoms with E-state index in [9.17, 15) is 14.4 Å². The Morgan fingerprint density at radius 1 is 1.12 bits per heavy atom. The number of piperidine rings is 1. The van der Waals surface area contributed by atoms with Crippen molar-refractivity contribution in [1.82, 2.24) is 15.5 Å². The number of nitrogens with two attached hydrogens (primary N) is 1. The number of amides is 4. The van der Waals surface area contributed by atoms with Gasteiger partial charge in [0.05, 0.1) is 0 Å². The number of fused-ring (bicyclic) bond motifs is 2. The van der Waals surface area contributed by atoms with E-state index in [1.54, 1.807) is 6.92 Å². The van der Waals surface area contributed by atoms with Crippen LogP contribution in [0.15, 0.2) is 0 Å². The van der Waals surface area contributed by atoms with Gasteiger partial charge in [-0.2, -0.15) is 0 Å². The normalized spacial score (nSPS) is 40.9. The van der Waals surface area contributed by atoms with Crippen LogP contribution in [0.25, 0.3) is 0 Å². The molecular weight excluding hydrogens is 332 g/mol. The fourth-order valence-electron chi connectivity index (χ4n) is 5.77. The summed E-state index contributed by atoms with van der Waals surface area (Å²) in [4.78, 5) is 38.6. The molecule has 2 aliphatic carbocycles.